The molecule has 0 radical (unpaired) electrons. The Morgan fingerprint density at radius 3 is 2.53 bits per heavy atom. The molecule has 4 nitrogen and oxygen atoms in total. The average Bonchev–Trinajstić information content (AvgIpc) is 3.08. The first-order valence-electron chi connectivity index (χ1n) is 12.6. The molecule has 0 spiro atoms. The van der Waals surface area contributed by atoms with Crippen LogP contribution in [-0.4, -0.2) is 50.1 Å². The van der Waals surface area contributed by atoms with E-state index in [4.69, 9.17) is 9.57 Å². The van der Waals surface area contributed by atoms with Gasteiger partial charge in [0.05, 0.1) is 18.4 Å². The van der Waals surface area contributed by atoms with Crippen LogP contribution in [0.3, 0.4) is 0 Å². The van der Waals surface area contributed by atoms with Gasteiger partial charge in [0.15, 0.2) is 0 Å². The van der Waals surface area contributed by atoms with Gasteiger partial charge >= 0.3 is 0 Å². The Labute approximate surface area is 184 Å². The van der Waals surface area contributed by atoms with Crippen molar-refractivity contribution in [1.82, 2.24) is 4.90 Å². The van der Waals surface area contributed by atoms with Crippen molar-refractivity contribution in [1.29, 1.82) is 0 Å². The van der Waals surface area contributed by atoms with E-state index in [-0.39, 0.29) is 5.41 Å². The van der Waals surface area contributed by atoms with Crippen LogP contribution in [0.15, 0.2) is 16.8 Å². The first kappa shape index (κ1) is 22.3. The molecule has 0 heterocycles. The molecule has 0 aromatic heterocycles. The van der Waals surface area contributed by atoms with Crippen LogP contribution in [0.2, 0.25) is 0 Å². The minimum absolute atomic E-state index is 0.267. The van der Waals surface area contributed by atoms with Gasteiger partial charge in [-0.05, 0) is 87.6 Å². The van der Waals surface area contributed by atoms with Gasteiger partial charge < -0.3 is 14.5 Å². The Balaban J connectivity index is 1.43. The quantitative estimate of drug-likeness (QED) is 0.395. The summed E-state index contributed by atoms with van der Waals surface area (Å²) in [7, 11) is 1.70. The van der Waals surface area contributed by atoms with E-state index in [0.29, 0.717) is 11.5 Å². The monoisotopic (exact) mass is 416 g/mol. The summed E-state index contributed by atoms with van der Waals surface area (Å²) >= 11 is 0. The first-order valence-corrected chi connectivity index (χ1v) is 12.6. The maximum atomic E-state index is 6.36. The number of nitrogens with zero attached hydrogens (tertiary/aromatic N) is 2. The third kappa shape index (κ3) is 3.77. The van der Waals surface area contributed by atoms with Gasteiger partial charge in [0.25, 0.3) is 0 Å². The number of likely N-dealkylation sites (N-methyl/N-ethyl adjacent to an activating group) is 1. The van der Waals surface area contributed by atoms with Crippen molar-refractivity contribution in [3.05, 3.63) is 11.6 Å². The molecular weight excluding hydrogens is 372 g/mol. The number of fused-ring (bicyclic) bond motifs is 5. The van der Waals surface area contributed by atoms with E-state index in [1.54, 1.807) is 12.7 Å². The van der Waals surface area contributed by atoms with Crippen molar-refractivity contribution in [2.45, 2.75) is 85.2 Å². The smallest absolute Gasteiger partial charge is 0.106 e. The van der Waals surface area contributed by atoms with Crippen LogP contribution in [0.5, 0.6) is 0 Å². The third-order valence-electron chi connectivity index (χ3n) is 9.66. The standard InChI is InChI=1S/C26H44N2O2/c1-6-28(7-2)16-17-30-20-12-14-25(3)19(18-20)8-9-21-22-10-11-24(27-29-5)26(22,4)15-13-23(21)25/h8,20-23H,6-7,9-18H2,1-5H3/b27-24+/t20-,21-,22-,23-,25-,26-/m0/s1. The molecule has 4 rings (SSSR count). The molecule has 0 amide bonds. The molecule has 170 valence electrons. The van der Waals surface area contributed by atoms with Crippen LogP contribution >= 0.6 is 0 Å². The van der Waals surface area contributed by atoms with Gasteiger partial charge in [0.2, 0.25) is 0 Å². The number of oxime groups is 1. The molecule has 0 N–H and O–H groups in total. The van der Waals surface area contributed by atoms with Crippen molar-refractivity contribution in [3.8, 4) is 0 Å². The molecule has 0 bridgehead atoms. The SMILES string of the molecule is CCN(CC)CCO[C@H]1CC[C@@]2(C)C(=CC[C@@H]3[C@@H]2CC[C@]2(C)/C(=N/OC)CC[C@@H]32)C1. The minimum atomic E-state index is 0.267. The Morgan fingerprint density at radius 1 is 1.07 bits per heavy atom. The van der Waals surface area contributed by atoms with Crippen LogP contribution in [0.4, 0.5) is 0 Å². The largest absolute Gasteiger partial charge is 0.399 e. The summed E-state index contributed by atoms with van der Waals surface area (Å²) < 4.78 is 6.36. The molecular formula is C26H44N2O2. The number of hydrogen-bond acceptors (Lipinski definition) is 4. The molecule has 4 aliphatic rings. The second kappa shape index (κ2) is 8.94. The van der Waals surface area contributed by atoms with Crippen LogP contribution in [0, 0.1) is 28.6 Å². The van der Waals surface area contributed by atoms with E-state index < -0.39 is 0 Å². The van der Waals surface area contributed by atoms with Gasteiger partial charge in [-0.15, -0.1) is 0 Å². The molecule has 0 aromatic carbocycles. The van der Waals surface area contributed by atoms with Crippen LogP contribution in [0.1, 0.15) is 79.1 Å². The maximum absolute atomic E-state index is 6.36. The lowest BCUT2D eigenvalue weighted by Gasteiger charge is -2.57. The maximum Gasteiger partial charge on any atom is 0.106 e. The Morgan fingerprint density at radius 2 is 1.80 bits per heavy atom. The zero-order chi connectivity index (χ0) is 21.4. The normalized spacial score (nSPS) is 41.9. The van der Waals surface area contributed by atoms with E-state index in [1.165, 1.54) is 44.2 Å². The average molecular weight is 417 g/mol. The number of rotatable bonds is 7. The summed E-state index contributed by atoms with van der Waals surface area (Å²) in [5.41, 5.74) is 3.71. The van der Waals surface area contributed by atoms with Gasteiger partial charge in [-0.3, -0.25) is 0 Å². The number of allylic oxidation sites excluding steroid dienone is 1. The lowest BCUT2D eigenvalue weighted by molar-refractivity contribution is -0.0392. The first-order chi connectivity index (χ1) is 14.5. The summed E-state index contributed by atoms with van der Waals surface area (Å²) in [6.45, 7) is 13.7. The fourth-order valence-electron chi connectivity index (χ4n) is 7.71. The Kier molecular flexibility index (Phi) is 6.65. The lowest BCUT2D eigenvalue weighted by atomic mass is 9.48. The fraction of sp³-hybridized carbons (Fsp3) is 0.885. The van der Waals surface area contributed by atoms with E-state index in [2.05, 4.69) is 43.8 Å². The summed E-state index contributed by atoms with van der Waals surface area (Å²) in [5.74, 6) is 2.44. The topological polar surface area (TPSA) is 34.1 Å². The molecule has 0 unspecified atom stereocenters. The van der Waals surface area contributed by atoms with Gasteiger partial charge in [0.1, 0.15) is 7.11 Å². The van der Waals surface area contributed by atoms with Gasteiger partial charge in [-0.1, -0.05) is 44.5 Å². The van der Waals surface area contributed by atoms with Crippen LogP contribution in [-0.2, 0) is 9.57 Å². The van der Waals surface area contributed by atoms with Crippen molar-refractivity contribution in [3.63, 3.8) is 0 Å². The molecule has 4 aliphatic carbocycles. The van der Waals surface area contributed by atoms with Crippen LogP contribution < -0.4 is 0 Å². The highest BCUT2D eigenvalue weighted by Crippen LogP contribution is 2.64. The Bertz CT molecular complexity index is 670. The van der Waals surface area contributed by atoms with E-state index in [9.17, 15) is 0 Å². The second-order valence-corrected chi connectivity index (χ2v) is 10.7. The summed E-state index contributed by atoms with van der Waals surface area (Å²) in [6, 6.07) is 0. The fourth-order valence-corrected chi connectivity index (χ4v) is 7.71. The van der Waals surface area contributed by atoms with Crippen LogP contribution in [0.25, 0.3) is 0 Å². The molecule has 3 saturated carbocycles. The highest BCUT2D eigenvalue weighted by molar-refractivity contribution is 5.92. The second-order valence-electron chi connectivity index (χ2n) is 10.7. The van der Waals surface area contributed by atoms with E-state index in [1.807, 2.05) is 0 Å². The van der Waals surface area contributed by atoms with Gasteiger partial charge in [0, 0.05) is 12.0 Å². The third-order valence-corrected chi connectivity index (χ3v) is 9.66. The van der Waals surface area contributed by atoms with Gasteiger partial charge in [-0.25, -0.2) is 0 Å². The van der Waals surface area contributed by atoms with Crippen molar-refractivity contribution in [2.24, 2.45) is 33.7 Å². The van der Waals surface area contributed by atoms with Gasteiger partial charge in [-0.2, -0.15) is 0 Å². The minimum Gasteiger partial charge on any atom is -0.399 e. The molecule has 4 heteroatoms. The van der Waals surface area contributed by atoms with E-state index in [0.717, 1.165) is 56.8 Å². The van der Waals surface area contributed by atoms with E-state index >= 15 is 0 Å². The molecule has 0 aromatic rings. The molecule has 30 heavy (non-hydrogen) atoms. The molecule has 3 fully saturated rings. The summed E-state index contributed by atoms with van der Waals surface area (Å²) in [6.07, 6.45) is 13.1. The Hall–Kier alpha value is -0.870. The van der Waals surface area contributed by atoms with Crippen molar-refractivity contribution in [2.75, 3.05) is 33.4 Å². The summed E-state index contributed by atoms with van der Waals surface area (Å²) in [5, 5.41) is 4.46. The van der Waals surface area contributed by atoms with Crippen molar-refractivity contribution >= 4 is 5.71 Å². The number of ether oxygens (including phenoxy) is 1. The molecule has 0 aliphatic heterocycles. The highest BCUT2D eigenvalue weighted by atomic mass is 16.6. The zero-order valence-corrected chi connectivity index (χ0v) is 20.1. The zero-order valence-electron chi connectivity index (χ0n) is 20.1. The predicted octanol–water partition coefficient (Wildman–Crippen LogP) is 5.68. The predicted molar refractivity (Wildman–Crippen MR) is 124 cm³/mol. The molecule has 6 atom stereocenters. The molecule has 0 saturated heterocycles. The lowest BCUT2D eigenvalue weighted by Crippen LogP contribution is -2.50. The van der Waals surface area contributed by atoms with Crippen molar-refractivity contribution < 1.29 is 9.57 Å². The number of hydrogen-bond donors (Lipinski definition) is 0. The summed E-state index contributed by atoms with van der Waals surface area (Å²) in [4.78, 5) is 7.67. The highest BCUT2D eigenvalue weighted by Gasteiger charge is 2.58.